The Morgan fingerprint density at radius 2 is 1.46 bits per heavy atom. The third-order valence-corrected chi connectivity index (χ3v) is 5.02. The van der Waals surface area contributed by atoms with Gasteiger partial charge in [-0.1, -0.05) is 18.2 Å². The number of fused-ring (bicyclic) bond motifs is 1. The molecule has 0 N–H and O–H groups in total. The van der Waals surface area contributed by atoms with Crippen molar-refractivity contribution in [2.75, 3.05) is 0 Å². The normalized spacial score (nSPS) is 11.3. The third kappa shape index (κ3) is 2.99. The number of nitrogens with zero attached hydrogens (tertiary/aromatic N) is 4. The van der Waals surface area contributed by atoms with Crippen LogP contribution in [0.3, 0.4) is 0 Å². The molecule has 0 fully saturated rings. The summed E-state index contributed by atoms with van der Waals surface area (Å²) in [7, 11) is 0. The largest absolute Gasteiger partial charge is 0.229 e. The number of hydrogen-bond acceptors (Lipinski definition) is 4. The van der Waals surface area contributed by atoms with Crippen molar-refractivity contribution in [2.24, 2.45) is 0 Å². The molecule has 0 spiro atoms. The van der Waals surface area contributed by atoms with Crippen molar-refractivity contribution in [2.45, 2.75) is 10.8 Å². The van der Waals surface area contributed by atoms with Gasteiger partial charge in [0.1, 0.15) is 11.4 Å². The minimum atomic E-state index is -2.18. The van der Waals surface area contributed by atoms with Gasteiger partial charge in [0, 0.05) is 11.3 Å². The molecule has 4 aromatic rings. The zero-order valence-corrected chi connectivity index (χ0v) is 14.7. The van der Waals surface area contributed by atoms with Crippen LogP contribution in [0.4, 0.5) is 22.0 Å². The molecule has 0 saturated heterocycles. The fraction of sp³-hybridized carbons (Fsp3) is 0.0556. The first-order valence-corrected chi connectivity index (χ1v) is 8.85. The Bertz CT molecular complexity index is 1150. The Balaban J connectivity index is 1.70. The van der Waals surface area contributed by atoms with Gasteiger partial charge < -0.3 is 0 Å². The first-order chi connectivity index (χ1) is 13.5. The van der Waals surface area contributed by atoms with Gasteiger partial charge in [0.25, 0.3) is 0 Å². The van der Waals surface area contributed by atoms with Gasteiger partial charge in [0.05, 0.1) is 17.3 Å². The van der Waals surface area contributed by atoms with Gasteiger partial charge in [0.15, 0.2) is 28.9 Å². The maximum atomic E-state index is 13.9. The number of halogens is 5. The van der Waals surface area contributed by atoms with Gasteiger partial charge in [-0.3, -0.25) is 0 Å². The summed E-state index contributed by atoms with van der Waals surface area (Å²) in [5, 5.41) is 5.03. The second-order valence-corrected chi connectivity index (χ2v) is 6.61. The van der Waals surface area contributed by atoms with Crippen LogP contribution >= 0.6 is 11.8 Å². The number of thioether (sulfide) groups is 1. The number of aromatic nitrogens is 4. The molecule has 0 aliphatic carbocycles. The van der Waals surface area contributed by atoms with E-state index < -0.39 is 40.4 Å². The van der Waals surface area contributed by atoms with Gasteiger partial charge in [-0.2, -0.15) is 5.10 Å². The van der Waals surface area contributed by atoms with Crippen molar-refractivity contribution in [3.8, 4) is 5.69 Å². The highest BCUT2D eigenvalue weighted by Crippen LogP contribution is 2.32. The molecule has 0 amide bonds. The van der Waals surface area contributed by atoms with Crippen molar-refractivity contribution in [3.05, 3.63) is 77.5 Å². The average Bonchev–Trinajstić information content (AvgIpc) is 3.16. The van der Waals surface area contributed by atoms with E-state index in [1.54, 1.807) is 4.68 Å². The maximum Gasteiger partial charge on any atom is 0.200 e. The maximum absolute atomic E-state index is 13.9. The summed E-state index contributed by atoms with van der Waals surface area (Å²) in [6.45, 7) is 0. The minimum absolute atomic E-state index is 0.302. The predicted molar refractivity (Wildman–Crippen MR) is 92.5 cm³/mol. The summed E-state index contributed by atoms with van der Waals surface area (Å²) in [6, 6.07) is 9.12. The van der Waals surface area contributed by atoms with Gasteiger partial charge in [-0.05, 0) is 12.1 Å². The molecule has 0 aliphatic rings. The quantitative estimate of drug-likeness (QED) is 0.160. The van der Waals surface area contributed by atoms with Crippen molar-refractivity contribution in [1.82, 2.24) is 19.7 Å². The monoisotopic (exact) mass is 408 g/mol. The highest BCUT2D eigenvalue weighted by molar-refractivity contribution is 7.98. The van der Waals surface area contributed by atoms with E-state index in [2.05, 4.69) is 15.1 Å². The van der Waals surface area contributed by atoms with Crippen molar-refractivity contribution >= 4 is 22.8 Å². The van der Waals surface area contributed by atoms with E-state index in [0.717, 1.165) is 17.4 Å². The zero-order valence-electron chi connectivity index (χ0n) is 13.8. The topological polar surface area (TPSA) is 43.6 Å². The SMILES string of the molecule is Fc1c(F)c(F)c(CSc2ncnc3c2cnn3-c2ccccc2)c(F)c1F. The minimum Gasteiger partial charge on any atom is -0.229 e. The molecule has 0 unspecified atom stereocenters. The van der Waals surface area contributed by atoms with E-state index >= 15 is 0 Å². The fourth-order valence-corrected chi connectivity index (χ4v) is 3.57. The van der Waals surface area contributed by atoms with Crippen LogP contribution < -0.4 is 0 Å². The van der Waals surface area contributed by atoms with Gasteiger partial charge in [-0.25, -0.2) is 36.6 Å². The highest BCUT2D eigenvalue weighted by atomic mass is 32.2. The molecule has 2 heterocycles. The first-order valence-electron chi connectivity index (χ1n) is 7.86. The van der Waals surface area contributed by atoms with Crippen molar-refractivity contribution in [1.29, 1.82) is 0 Å². The molecule has 2 aromatic heterocycles. The average molecular weight is 408 g/mol. The van der Waals surface area contributed by atoms with Crippen molar-refractivity contribution in [3.63, 3.8) is 0 Å². The lowest BCUT2D eigenvalue weighted by molar-refractivity contribution is 0.372. The first kappa shape index (κ1) is 18.4. The van der Waals surface area contributed by atoms with Crippen LogP contribution in [0.5, 0.6) is 0 Å². The Hall–Kier alpha value is -3.01. The number of benzene rings is 2. The highest BCUT2D eigenvalue weighted by Gasteiger charge is 2.26. The standard InChI is InChI=1S/C18H9F5N4S/c19-12-11(13(20)15(22)16(23)14(12)21)7-28-18-10-6-26-27(17(10)24-8-25-18)9-4-2-1-3-5-9/h1-6,8H,7H2. The van der Waals surface area contributed by atoms with Crippen LogP contribution in [0.2, 0.25) is 0 Å². The lowest BCUT2D eigenvalue weighted by Gasteiger charge is -2.08. The molecular weight excluding hydrogens is 399 g/mol. The van der Waals surface area contributed by atoms with Crippen LogP contribution in [-0.2, 0) is 5.75 Å². The molecule has 10 heteroatoms. The van der Waals surface area contributed by atoms with Crippen LogP contribution in [0.15, 0.2) is 47.9 Å². The molecule has 0 atom stereocenters. The Kier molecular flexibility index (Phi) is 4.71. The Morgan fingerprint density at radius 3 is 2.14 bits per heavy atom. The van der Waals surface area contributed by atoms with Crippen molar-refractivity contribution < 1.29 is 22.0 Å². The van der Waals surface area contributed by atoms with Gasteiger partial charge >= 0.3 is 0 Å². The Labute approximate surface area is 159 Å². The zero-order chi connectivity index (χ0) is 19.8. The second-order valence-electron chi connectivity index (χ2n) is 5.65. The molecule has 28 heavy (non-hydrogen) atoms. The molecule has 0 bridgehead atoms. The van der Waals surface area contributed by atoms with E-state index in [1.807, 2.05) is 30.3 Å². The Morgan fingerprint density at radius 1 is 0.821 bits per heavy atom. The third-order valence-electron chi connectivity index (χ3n) is 3.98. The number of para-hydroxylation sites is 1. The lowest BCUT2D eigenvalue weighted by Crippen LogP contribution is -2.06. The summed E-state index contributed by atoms with van der Waals surface area (Å²) >= 11 is 0.823. The molecule has 0 aliphatic heterocycles. The van der Waals surface area contributed by atoms with E-state index in [-0.39, 0.29) is 0 Å². The van der Waals surface area contributed by atoms with Crippen LogP contribution in [-0.4, -0.2) is 19.7 Å². The van der Waals surface area contributed by atoms with Gasteiger partial charge in [-0.15, -0.1) is 11.8 Å². The second kappa shape index (κ2) is 7.19. The van der Waals surface area contributed by atoms with E-state index in [1.165, 1.54) is 12.5 Å². The summed E-state index contributed by atoms with van der Waals surface area (Å²) in [6.07, 6.45) is 2.72. The molecule has 2 aromatic carbocycles. The van der Waals surface area contributed by atoms with E-state index in [4.69, 9.17) is 0 Å². The summed E-state index contributed by atoms with van der Waals surface area (Å²) in [4.78, 5) is 8.21. The molecule has 4 nitrogen and oxygen atoms in total. The molecular formula is C18H9F5N4S. The van der Waals surface area contributed by atoms with E-state index in [0.29, 0.717) is 16.1 Å². The molecule has 4 rings (SSSR count). The van der Waals surface area contributed by atoms with Crippen LogP contribution in [0.1, 0.15) is 5.56 Å². The summed E-state index contributed by atoms with van der Waals surface area (Å²) < 4.78 is 69.2. The smallest absolute Gasteiger partial charge is 0.200 e. The van der Waals surface area contributed by atoms with Gasteiger partial charge in [0.2, 0.25) is 5.82 Å². The van der Waals surface area contributed by atoms with Crippen LogP contribution in [0, 0.1) is 29.1 Å². The lowest BCUT2D eigenvalue weighted by atomic mass is 10.2. The van der Waals surface area contributed by atoms with Crippen LogP contribution in [0.25, 0.3) is 16.7 Å². The number of rotatable bonds is 4. The number of hydrogen-bond donors (Lipinski definition) is 0. The molecule has 142 valence electrons. The summed E-state index contributed by atoms with van der Waals surface area (Å²) in [5.41, 5.74) is 0.275. The predicted octanol–water partition coefficient (Wildman–Crippen LogP) is 4.80. The molecule has 0 radical (unpaired) electrons. The molecule has 0 saturated carbocycles. The van der Waals surface area contributed by atoms with E-state index in [9.17, 15) is 22.0 Å². The summed E-state index contributed by atoms with van der Waals surface area (Å²) in [5.74, 6) is -10.3. The fourth-order valence-electron chi connectivity index (χ4n) is 2.61.